The molecule has 0 saturated heterocycles. The molecule has 0 amide bonds. The van der Waals surface area contributed by atoms with Crippen LogP contribution in [-0.4, -0.2) is 39.4 Å². The average Bonchev–Trinajstić information content (AvgIpc) is 2.80. The Labute approximate surface area is 103 Å². The zero-order chi connectivity index (χ0) is 13.0. The van der Waals surface area contributed by atoms with Crippen LogP contribution in [0.25, 0.3) is 11.0 Å². The topological polar surface area (TPSA) is 81.9 Å². The number of nitrogens with zero attached hydrogens (tertiary/aromatic N) is 4. The van der Waals surface area contributed by atoms with Crippen LogP contribution in [0.1, 0.15) is 0 Å². The van der Waals surface area contributed by atoms with Crippen molar-refractivity contribution >= 4 is 22.8 Å². The number of nitrogens with one attached hydrogen (secondary N) is 1. The molecular formula is C11H11N5O2. The van der Waals surface area contributed by atoms with Crippen LogP contribution >= 0.6 is 0 Å². The monoisotopic (exact) mass is 245 g/mol. The number of hydrogen-bond donors (Lipinski definition) is 1. The van der Waals surface area contributed by atoms with Gasteiger partial charge in [0.25, 0.3) is 0 Å². The van der Waals surface area contributed by atoms with E-state index in [1.54, 1.807) is 6.20 Å². The molecule has 2 aromatic heterocycles. The third-order valence-corrected chi connectivity index (χ3v) is 2.30. The van der Waals surface area contributed by atoms with Crippen molar-refractivity contribution < 1.29 is 9.53 Å². The number of anilines is 1. The van der Waals surface area contributed by atoms with E-state index in [0.29, 0.717) is 23.4 Å². The smallest absolute Gasteiger partial charge is 0.327 e. The number of terminal acetylenes is 1. The van der Waals surface area contributed by atoms with E-state index in [-0.39, 0.29) is 6.54 Å². The Hall–Kier alpha value is -2.62. The van der Waals surface area contributed by atoms with Crippen LogP contribution in [0.4, 0.5) is 5.82 Å². The molecule has 0 radical (unpaired) electrons. The van der Waals surface area contributed by atoms with E-state index in [0.717, 1.165) is 0 Å². The van der Waals surface area contributed by atoms with Crippen LogP contribution in [0.3, 0.4) is 0 Å². The second kappa shape index (κ2) is 5.14. The molecule has 18 heavy (non-hydrogen) atoms. The van der Waals surface area contributed by atoms with E-state index < -0.39 is 5.97 Å². The van der Waals surface area contributed by atoms with Crippen molar-refractivity contribution in [2.45, 2.75) is 6.54 Å². The third kappa shape index (κ3) is 2.22. The molecule has 0 atom stereocenters. The summed E-state index contributed by atoms with van der Waals surface area (Å²) in [5, 5.41) is 7.74. The molecule has 7 nitrogen and oxygen atoms in total. The highest BCUT2D eigenvalue weighted by Gasteiger charge is 2.11. The summed E-state index contributed by atoms with van der Waals surface area (Å²) in [7, 11) is 1.32. The lowest BCUT2D eigenvalue weighted by Gasteiger charge is -2.03. The lowest BCUT2D eigenvalue weighted by molar-refractivity contribution is -0.141. The minimum atomic E-state index is -0.392. The van der Waals surface area contributed by atoms with Gasteiger partial charge in [0.2, 0.25) is 0 Å². The second-order valence-electron chi connectivity index (χ2n) is 3.40. The molecule has 0 fully saturated rings. The second-order valence-corrected chi connectivity index (χ2v) is 3.40. The van der Waals surface area contributed by atoms with Crippen molar-refractivity contribution in [3.05, 3.63) is 12.5 Å². The Morgan fingerprint density at radius 1 is 1.61 bits per heavy atom. The van der Waals surface area contributed by atoms with Gasteiger partial charge >= 0.3 is 5.97 Å². The Balaban J connectivity index is 2.36. The number of methoxy groups -OCH3 is 1. The third-order valence-electron chi connectivity index (χ3n) is 2.30. The zero-order valence-electron chi connectivity index (χ0n) is 9.75. The lowest BCUT2D eigenvalue weighted by atomic mass is 10.4. The number of aromatic nitrogens is 4. The van der Waals surface area contributed by atoms with Crippen molar-refractivity contribution in [1.29, 1.82) is 0 Å². The van der Waals surface area contributed by atoms with Gasteiger partial charge in [0, 0.05) is 0 Å². The fraction of sp³-hybridized carbons (Fsp3) is 0.273. The molecule has 1 N–H and O–H groups in total. The summed E-state index contributed by atoms with van der Waals surface area (Å²) in [5.74, 6) is 2.66. The number of carbonyl (C=O) groups excluding carboxylic acids is 1. The summed E-state index contributed by atoms with van der Waals surface area (Å²) >= 11 is 0. The maximum absolute atomic E-state index is 11.2. The summed E-state index contributed by atoms with van der Waals surface area (Å²) in [5.41, 5.74) is 0.551. The maximum Gasteiger partial charge on any atom is 0.327 e. The Morgan fingerprint density at radius 2 is 2.44 bits per heavy atom. The van der Waals surface area contributed by atoms with Gasteiger partial charge in [-0.2, -0.15) is 5.10 Å². The standard InChI is InChI=1S/C11H11N5O2/c1-3-4-12-10-8-5-15-16(6-9(17)18-2)11(8)14-7-13-10/h1,5,7H,4,6H2,2H3,(H,12,13,14). The van der Waals surface area contributed by atoms with Crippen LogP contribution < -0.4 is 5.32 Å². The zero-order valence-corrected chi connectivity index (χ0v) is 9.75. The van der Waals surface area contributed by atoms with Crippen LogP contribution in [-0.2, 0) is 16.1 Å². The van der Waals surface area contributed by atoms with Gasteiger partial charge in [-0.1, -0.05) is 5.92 Å². The highest BCUT2D eigenvalue weighted by Crippen LogP contribution is 2.18. The van der Waals surface area contributed by atoms with Gasteiger partial charge in [0.15, 0.2) is 5.65 Å². The van der Waals surface area contributed by atoms with Gasteiger partial charge in [-0.05, 0) is 0 Å². The van der Waals surface area contributed by atoms with Crippen molar-refractivity contribution in [1.82, 2.24) is 19.7 Å². The summed E-state index contributed by atoms with van der Waals surface area (Å²) in [4.78, 5) is 19.4. The number of fused-ring (bicyclic) bond motifs is 1. The first-order valence-corrected chi connectivity index (χ1v) is 5.17. The summed E-state index contributed by atoms with van der Waals surface area (Å²) in [6, 6.07) is 0. The molecule has 0 aliphatic rings. The number of carbonyl (C=O) groups is 1. The van der Waals surface area contributed by atoms with Gasteiger partial charge in [-0.3, -0.25) is 4.79 Å². The molecule has 0 aliphatic carbocycles. The van der Waals surface area contributed by atoms with Gasteiger partial charge in [0.1, 0.15) is 18.7 Å². The molecule has 0 bridgehead atoms. The van der Waals surface area contributed by atoms with Crippen LogP contribution in [0, 0.1) is 12.3 Å². The van der Waals surface area contributed by atoms with Crippen molar-refractivity contribution in [3.8, 4) is 12.3 Å². The quantitative estimate of drug-likeness (QED) is 0.605. The number of esters is 1. The average molecular weight is 245 g/mol. The number of ether oxygens (including phenoxy) is 1. The van der Waals surface area contributed by atoms with Gasteiger partial charge in [-0.15, -0.1) is 6.42 Å². The van der Waals surface area contributed by atoms with Crippen molar-refractivity contribution in [2.24, 2.45) is 0 Å². The Morgan fingerprint density at radius 3 is 3.17 bits per heavy atom. The lowest BCUT2D eigenvalue weighted by Crippen LogP contribution is -2.13. The fourth-order valence-electron chi connectivity index (χ4n) is 1.47. The van der Waals surface area contributed by atoms with E-state index in [1.807, 2.05) is 0 Å². The summed E-state index contributed by atoms with van der Waals surface area (Å²) in [6.07, 6.45) is 8.14. The van der Waals surface area contributed by atoms with Crippen LogP contribution in [0.5, 0.6) is 0 Å². The van der Waals surface area contributed by atoms with Crippen molar-refractivity contribution in [2.75, 3.05) is 19.0 Å². The van der Waals surface area contributed by atoms with E-state index in [4.69, 9.17) is 6.42 Å². The minimum Gasteiger partial charge on any atom is -0.468 e. The first-order valence-electron chi connectivity index (χ1n) is 5.17. The number of rotatable bonds is 4. The Kier molecular flexibility index (Phi) is 3.38. The summed E-state index contributed by atoms with van der Waals surface area (Å²) < 4.78 is 6.03. The van der Waals surface area contributed by atoms with Crippen LogP contribution in [0.2, 0.25) is 0 Å². The predicted molar refractivity (Wildman–Crippen MR) is 64.7 cm³/mol. The fourth-order valence-corrected chi connectivity index (χ4v) is 1.47. The molecule has 7 heteroatoms. The van der Waals surface area contributed by atoms with Gasteiger partial charge in [0.05, 0.1) is 25.2 Å². The maximum atomic E-state index is 11.2. The molecule has 92 valence electrons. The molecule has 2 heterocycles. The largest absolute Gasteiger partial charge is 0.468 e. The van der Waals surface area contributed by atoms with Crippen molar-refractivity contribution in [3.63, 3.8) is 0 Å². The molecular weight excluding hydrogens is 234 g/mol. The Bertz CT molecular complexity index is 613. The molecule has 0 unspecified atom stereocenters. The van der Waals surface area contributed by atoms with Gasteiger partial charge in [-0.25, -0.2) is 14.6 Å². The summed E-state index contributed by atoms with van der Waals surface area (Å²) in [6.45, 7) is 0.361. The molecule has 0 spiro atoms. The van der Waals surface area contributed by atoms with E-state index in [9.17, 15) is 4.79 Å². The van der Waals surface area contributed by atoms with E-state index in [1.165, 1.54) is 18.1 Å². The molecule has 0 aromatic carbocycles. The normalized spacial score (nSPS) is 10.0. The van der Waals surface area contributed by atoms with E-state index >= 15 is 0 Å². The SMILES string of the molecule is C#CCNc1ncnc2c1cnn2CC(=O)OC. The van der Waals surface area contributed by atoms with Gasteiger partial charge < -0.3 is 10.1 Å². The minimum absolute atomic E-state index is 0.00555. The predicted octanol–water partition coefficient (Wildman–Crippen LogP) is 0.0444. The molecule has 2 rings (SSSR count). The first-order chi connectivity index (χ1) is 8.76. The first kappa shape index (κ1) is 11.9. The molecule has 0 aliphatic heterocycles. The van der Waals surface area contributed by atoms with E-state index in [2.05, 4.69) is 31.0 Å². The number of hydrogen-bond acceptors (Lipinski definition) is 6. The highest BCUT2D eigenvalue weighted by molar-refractivity contribution is 5.86. The highest BCUT2D eigenvalue weighted by atomic mass is 16.5. The van der Waals surface area contributed by atoms with Crippen LogP contribution in [0.15, 0.2) is 12.5 Å². The molecule has 2 aromatic rings. The molecule has 0 saturated carbocycles.